The predicted octanol–water partition coefficient (Wildman–Crippen LogP) is 9.63. The number of aromatic nitrogens is 1. The van der Waals surface area contributed by atoms with Gasteiger partial charge in [0.15, 0.2) is 16.6 Å². The molecule has 1 aromatic heterocycles. The Morgan fingerprint density at radius 3 is 2.44 bits per heavy atom. The van der Waals surface area contributed by atoms with Gasteiger partial charge in [-0.25, -0.2) is 10.4 Å². The summed E-state index contributed by atoms with van der Waals surface area (Å²) in [6, 6.07) is 23.3. The highest BCUT2D eigenvalue weighted by Gasteiger charge is 2.12. The first-order chi connectivity index (χ1) is 20.8. The third-order valence-electron chi connectivity index (χ3n) is 6.09. The zero-order valence-corrected chi connectivity index (χ0v) is 27.1. The molecule has 0 spiro atoms. The molecule has 7 nitrogen and oxygen atoms in total. The van der Waals surface area contributed by atoms with Gasteiger partial charge >= 0.3 is 0 Å². The van der Waals surface area contributed by atoms with Gasteiger partial charge in [0.1, 0.15) is 6.61 Å². The van der Waals surface area contributed by atoms with Crippen LogP contribution in [0.4, 0.5) is 10.8 Å². The minimum absolute atomic E-state index is 0.227. The smallest absolute Gasteiger partial charge is 0.271 e. The largest absolute Gasteiger partial charge is 0.493 e. The average Bonchev–Trinajstić information content (AvgIpc) is 3.47. The van der Waals surface area contributed by atoms with Gasteiger partial charge in [-0.2, -0.15) is 5.10 Å². The van der Waals surface area contributed by atoms with Crippen molar-refractivity contribution in [3.05, 3.63) is 120 Å². The standard InChI is InChI=1S/C31H22BrCl3N4O3S/c1-41-28-12-21(25(32)14-29(28)42-16-20-6-7-23(34)13-26(20)35)15-36-39-30(40)19-4-2-18(3-5-19)27-17-43-31(38-27)37-24-10-8-22(33)9-11-24/h2-15,17H,16H2,1H3,(H,37,38)(H,39,40)/b36-15-. The highest BCUT2D eigenvalue weighted by atomic mass is 79.9. The minimum Gasteiger partial charge on any atom is -0.493 e. The molecular formula is C31H22BrCl3N4O3S. The summed E-state index contributed by atoms with van der Waals surface area (Å²) in [4.78, 5) is 17.3. The van der Waals surface area contributed by atoms with E-state index in [9.17, 15) is 4.79 Å². The van der Waals surface area contributed by atoms with Crippen LogP contribution in [0.2, 0.25) is 15.1 Å². The van der Waals surface area contributed by atoms with E-state index in [0.717, 1.165) is 27.6 Å². The molecule has 0 atom stereocenters. The molecule has 0 saturated heterocycles. The van der Waals surface area contributed by atoms with Crippen molar-refractivity contribution in [2.24, 2.45) is 5.10 Å². The van der Waals surface area contributed by atoms with E-state index in [1.54, 1.807) is 49.6 Å². The van der Waals surface area contributed by atoms with Crippen molar-refractivity contribution in [2.45, 2.75) is 6.61 Å². The number of anilines is 2. The number of hydrogen-bond donors (Lipinski definition) is 2. The van der Waals surface area contributed by atoms with Crippen molar-refractivity contribution in [3.8, 4) is 22.8 Å². The van der Waals surface area contributed by atoms with Crippen molar-refractivity contribution in [1.82, 2.24) is 10.4 Å². The van der Waals surface area contributed by atoms with Gasteiger partial charge in [0.25, 0.3) is 5.91 Å². The number of benzene rings is 4. The van der Waals surface area contributed by atoms with Gasteiger partial charge in [-0.3, -0.25) is 4.79 Å². The summed E-state index contributed by atoms with van der Waals surface area (Å²) in [7, 11) is 1.54. The maximum atomic E-state index is 12.7. The third kappa shape index (κ3) is 8.07. The van der Waals surface area contributed by atoms with Crippen LogP contribution in [0, 0.1) is 0 Å². The number of nitrogens with zero attached hydrogens (tertiary/aromatic N) is 2. The molecule has 2 N–H and O–H groups in total. The molecule has 5 rings (SSSR count). The van der Waals surface area contributed by atoms with Crippen LogP contribution in [0.15, 0.2) is 93.8 Å². The Hall–Kier alpha value is -3.60. The normalized spacial score (nSPS) is 11.0. The van der Waals surface area contributed by atoms with Crippen LogP contribution in [-0.4, -0.2) is 24.2 Å². The molecule has 12 heteroatoms. The Kier molecular flexibility index (Phi) is 10.2. The molecule has 0 radical (unpaired) electrons. The zero-order valence-electron chi connectivity index (χ0n) is 22.4. The number of rotatable bonds is 10. The highest BCUT2D eigenvalue weighted by molar-refractivity contribution is 9.10. The first-order valence-electron chi connectivity index (χ1n) is 12.7. The summed E-state index contributed by atoms with van der Waals surface area (Å²) in [6.07, 6.45) is 1.52. The van der Waals surface area contributed by atoms with E-state index in [0.29, 0.717) is 42.2 Å². The second-order valence-electron chi connectivity index (χ2n) is 9.00. The SMILES string of the molecule is COc1cc(/C=N\NC(=O)c2ccc(-c3csc(Nc4ccc(Cl)cc4)n3)cc2)c(Br)cc1OCc1ccc(Cl)cc1Cl. The van der Waals surface area contributed by atoms with Gasteiger partial charge in [0, 0.05) is 52.9 Å². The summed E-state index contributed by atoms with van der Waals surface area (Å²) in [6.45, 7) is 0.227. The second-order valence-corrected chi connectivity index (χ2v) is 12.0. The molecule has 0 fully saturated rings. The number of ether oxygens (including phenoxy) is 2. The van der Waals surface area contributed by atoms with Gasteiger partial charge < -0.3 is 14.8 Å². The first-order valence-corrected chi connectivity index (χ1v) is 15.5. The van der Waals surface area contributed by atoms with Gasteiger partial charge in [-0.15, -0.1) is 11.3 Å². The van der Waals surface area contributed by atoms with E-state index < -0.39 is 0 Å². The quantitative estimate of drug-likeness (QED) is 0.111. The second kappa shape index (κ2) is 14.2. The Morgan fingerprint density at radius 2 is 1.72 bits per heavy atom. The number of thiazole rings is 1. The summed E-state index contributed by atoms with van der Waals surface area (Å²) in [5, 5.41) is 11.8. The number of hydrogen-bond acceptors (Lipinski definition) is 7. The molecule has 0 bridgehead atoms. The third-order valence-corrected chi connectivity index (χ3v) is 8.38. The van der Waals surface area contributed by atoms with Crippen LogP contribution in [0.1, 0.15) is 21.5 Å². The van der Waals surface area contributed by atoms with Crippen molar-refractivity contribution in [3.63, 3.8) is 0 Å². The van der Waals surface area contributed by atoms with E-state index >= 15 is 0 Å². The van der Waals surface area contributed by atoms with Crippen molar-refractivity contribution in [1.29, 1.82) is 0 Å². The maximum Gasteiger partial charge on any atom is 0.271 e. The zero-order chi connectivity index (χ0) is 30.3. The number of carbonyl (C=O) groups is 1. The molecule has 0 unspecified atom stereocenters. The van der Waals surface area contributed by atoms with Crippen LogP contribution in [0.25, 0.3) is 11.3 Å². The molecule has 4 aromatic carbocycles. The van der Waals surface area contributed by atoms with Gasteiger partial charge in [-0.05, 0) is 76.6 Å². The lowest BCUT2D eigenvalue weighted by molar-refractivity contribution is 0.0955. The van der Waals surface area contributed by atoms with Crippen LogP contribution in [-0.2, 0) is 6.61 Å². The molecule has 0 aliphatic carbocycles. The fourth-order valence-corrected chi connectivity index (χ4v) is 5.61. The molecule has 5 aromatic rings. The highest BCUT2D eigenvalue weighted by Crippen LogP contribution is 2.34. The van der Waals surface area contributed by atoms with Crippen molar-refractivity contribution in [2.75, 3.05) is 12.4 Å². The fourth-order valence-electron chi connectivity index (χ4n) is 3.85. The molecule has 218 valence electrons. The molecule has 0 aliphatic heterocycles. The summed E-state index contributed by atoms with van der Waals surface area (Å²) in [5.74, 6) is 0.647. The summed E-state index contributed by atoms with van der Waals surface area (Å²) < 4.78 is 12.1. The van der Waals surface area contributed by atoms with E-state index in [1.165, 1.54) is 17.6 Å². The van der Waals surface area contributed by atoms with E-state index in [4.69, 9.17) is 44.3 Å². The minimum atomic E-state index is -0.353. The maximum absolute atomic E-state index is 12.7. The Morgan fingerprint density at radius 1 is 0.977 bits per heavy atom. The first kappa shape index (κ1) is 30.8. The van der Waals surface area contributed by atoms with Crippen molar-refractivity contribution < 1.29 is 14.3 Å². The van der Waals surface area contributed by atoms with Gasteiger partial charge in [0.2, 0.25) is 0 Å². The molecular weight excluding hydrogens is 695 g/mol. The topological polar surface area (TPSA) is 84.8 Å². The number of halogens is 4. The van der Waals surface area contributed by atoms with E-state index in [-0.39, 0.29) is 12.5 Å². The Labute approximate surface area is 275 Å². The van der Waals surface area contributed by atoms with Crippen molar-refractivity contribution >= 4 is 85.0 Å². The van der Waals surface area contributed by atoms with Crippen LogP contribution in [0.5, 0.6) is 11.5 Å². The molecule has 43 heavy (non-hydrogen) atoms. The monoisotopic (exact) mass is 714 g/mol. The predicted molar refractivity (Wildman–Crippen MR) is 179 cm³/mol. The molecule has 1 heterocycles. The Balaban J connectivity index is 1.19. The molecule has 1 amide bonds. The van der Waals surface area contributed by atoms with Crippen LogP contribution >= 0.6 is 62.1 Å². The molecule has 0 aliphatic rings. The lowest BCUT2D eigenvalue weighted by Gasteiger charge is -2.13. The number of nitrogens with one attached hydrogen (secondary N) is 2. The number of amides is 1. The Bertz CT molecular complexity index is 1780. The lowest BCUT2D eigenvalue weighted by Crippen LogP contribution is -2.17. The fraction of sp³-hybridized carbons (Fsp3) is 0.0645. The summed E-state index contributed by atoms with van der Waals surface area (Å²) in [5.41, 5.74) is 7.06. The van der Waals surface area contributed by atoms with Crippen LogP contribution < -0.4 is 20.2 Å². The summed E-state index contributed by atoms with van der Waals surface area (Å²) >= 11 is 23.2. The van der Waals surface area contributed by atoms with E-state index in [1.807, 2.05) is 41.8 Å². The lowest BCUT2D eigenvalue weighted by atomic mass is 10.1. The number of carbonyl (C=O) groups excluding carboxylic acids is 1. The van der Waals surface area contributed by atoms with Gasteiger partial charge in [-0.1, -0.05) is 53.0 Å². The number of methoxy groups -OCH3 is 1. The van der Waals surface area contributed by atoms with E-state index in [2.05, 4.69) is 36.8 Å². The van der Waals surface area contributed by atoms with Gasteiger partial charge in [0.05, 0.1) is 19.0 Å². The molecule has 0 saturated carbocycles. The van der Waals surface area contributed by atoms with Crippen LogP contribution in [0.3, 0.4) is 0 Å². The average molecular weight is 717 g/mol. The number of hydrazone groups is 1.